The summed E-state index contributed by atoms with van der Waals surface area (Å²) in [5.74, 6) is 2.42. The molecule has 154 valence electrons. The van der Waals surface area contributed by atoms with E-state index in [1.54, 1.807) is 0 Å². The van der Waals surface area contributed by atoms with Crippen molar-refractivity contribution in [3.63, 3.8) is 0 Å². The smallest absolute Gasteiger partial charge is 0.289 e. The Kier molecular flexibility index (Phi) is 5.32. The van der Waals surface area contributed by atoms with E-state index < -0.39 is 0 Å². The van der Waals surface area contributed by atoms with Crippen LogP contribution in [0.2, 0.25) is 0 Å². The molecular formula is C24H27N5O. The van der Waals surface area contributed by atoms with Crippen molar-refractivity contribution in [2.45, 2.75) is 25.9 Å². The number of hydrogen-bond donors (Lipinski definition) is 1. The fraction of sp³-hybridized carbons (Fsp3) is 0.375. The summed E-state index contributed by atoms with van der Waals surface area (Å²) in [6, 6.07) is 20.6. The average molecular weight is 402 g/mol. The molecular weight excluding hydrogens is 374 g/mol. The molecule has 3 heterocycles. The first-order valence-electron chi connectivity index (χ1n) is 10.8. The lowest BCUT2D eigenvalue weighted by Gasteiger charge is -2.25. The van der Waals surface area contributed by atoms with Gasteiger partial charge in [-0.15, -0.1) is 10.2 Å². The van der Waals surface area contributed by atoms with Crippen LogP contribution in [0, 0.1) is 11.8 Å². The van der Waals surface area contributed by atoms with E-state index in [0.29, 0.717) is 24.2 Å². The van der Waals surface area contributed by atoms with Gasteiger partial charge in [-0.1, -0.05) is 60.7 Å². The van der Waals surface area contributed by atoms with E-state index in [1.807, 2.05) is 34.9 Å². The largest absolute Gasteiger partial charge is 0.345 e. The second-order valence-corrected chi connectivity index (χ2v) is 8.44. The molecule has 1 fully saturated rings. The minimum absolute atomic E-state index is 0.144. The minimum Gasteiger partial charge on any atom is -0.345 e. The lowest BCUT2D eigenvalue weighted by atomic mass is 9.89. The summed E-state index contributed by atoms with van der Waals surface area (Å²) in [5, 5.41) is 11.6. The standard InChI is InChI=1S/C24H27N5O/c30-24(25-14-19-9-5-2-6-10-19)23-27-26-22-13-20-15-28(16-21(20)17-29(22)23)12-11-18-7-3-1-4-8-18/h1-10,20-21H,11-17H2,(H,25,30)/t20-,21+/m1/s1. The van der Waals surface area contributed by atoms with Crippen molar-refractivity contribution in [3.05, 3.63) is 83.4 Å². The first-order valence-corrected chi connectivity index (χ1v) is 10.8. The maximum atomic E-state index is 12.7. The van der Waals surface area contributed by atoms with E-state index in [-0.39, 0.29) is 5.91 Å². The maximum Gasteiger partial charge on any atom is 0.289 e. The predicted octanol–water partition coefficient (Wildman–Crippen LogP) is 2.55. The topological polar surface area (TPSA) is 63.1 Å². The predicted molar refractivity (Wildman–Crippen MR) is 115 cm³/mol. The van der Waals surface area contributed by atoms with Crippen LogP contribution < -0.4 is 5.32 Å². The number of benzene rings is 2. The van der Waals surface area contributed by atoms with E-state index >= 15 is 0 Å². The molecule has 6 heteroatoms. The van der Waals surface area contributed by atoms with Gasteiger partial charge in [0, 0.05) is 39.1 Å². The van der Waals surface area contributed by atoms with Crippen LogP contribution in [0.3, 0.4) is 0 Å². The number of carbonyl (C=O) groups is 1. The van der Waals surface area contributed by atoms with Crippen LogP contribution in [0.4, 0.5) is 0 Å². The average Bonchev–Trinajstić information content (AvgIpc) is 3.38. The molecule has 30 heavy (non-hydrogen) atoms. The molecule has 1 amide bonds. The van der Waals surface area contributed by atoms with Gasteiger partial charge in [0.25, 0.3) is 5.91 Å². The van der Waals surface area contributed by atoms with Gasteiger partial charge >= 0.3 is 0 Å². The highest BCUT2D eigenvalue weighted by molar-refractivity contribution is 5.90. The molecule has 2 aliphatic rings. The second kappa shape index (κ2) is 8.40. The van der Waals surface area contributed by atoms with Gasteiger partial charge in [-0.3, -0.25) is 4.79 Å². The van der Waals surface area contributed by atoms with Gasteiger partial charge in [0.2, 0.25) is 5.82 Å². The molecule has 2 atom stereocenters. The number of fused-ring (bicyclic) bond motifs is 2. The molecule has 0 spiro atoms. The third-order valence-corrected chi connectivity index (χ3v) is 6.40. The number of nitrogens with zero attached hydrogens (tertiary/aromatic N) is 4. The number of aromatic nitrogens is 3. The number of likely N-dealkylation sites (tertiary alicyclic amines) is 1. The van der Waals surface area contributed by atoms with Crippen LogP contribution in [-0.2, 0) is 25.9 Å². The Labute approximate surface area is 176 Å². The monoisotopic (exact) mass is 401 g/mol. The zero-order chi connectivity index (χ0) is 20.3. The molecule has 0 aliphatic carbocycles. The molecule has 3 aromatic rings. The Morgan fingerprint density at radius 3 is 2.37 bits per heavy atom. The summed E-state index contributed by atoms with van der Waals surface area (Å²) in [5.41, 5.74) is 2.47. The lowest BCUT2D eigenvalue weighted by Crippen LogP contribution is -2.32. The van der Waals surface area contributed by atoms with Crippen LogP contribution in [0.5, 0.6) is 0 Å². The fourth-order valence-electron chi connectivity index (χ4n) is 4.76. The van der Waals surface area contributed by atoms with E-state index in [9.17, 15) is 4.79 Å². The number of rotatable bonds is 6. The van der Waals surface area contributed by atoms with Gasteiger partial charge in [-0.25, -0.2) is 0 Å². The highest BCUT2D eigenvalue weighted by Gasteiger charge is 2.38. The van der Waals surface area contributed by atoms with Crippen molar-refractivity contribution in [1.29, 1.82) is 0 Å². The fourth-order valence-corrected chi connectivity index (χ4v) is 4.76. The van der Waals surface area contributed by atoms with E-state index in [4.69, 9.17) is 0 Å². The summed E-state index contributed by atoms with van der Waals surface area (Å²) in [6.45, 7) is 4.62. The second-order valence-electron chi connectivity index (χ2n) is 8.44. The van der Waals surface area contributed by atoms with Crippen LogP contribution in [0.1, 0.15) is 27.6 Å². The highest BCUT2D eigenvalue weighted by Crippen LogP contribution is 2.32. The van der Waals surface area contributed by atoms with Crippen molar-refractivity contribution in [2.75, 3.05) is 19.6 Å². The molecule has 2 aliphatic heterocycles. The third-order valence-electron chi connectivity index (χ3n) is 6.40. The molecule has 6 nitrogen and oxygen atoms in total. The Morgan fingerprint density at radius 1 is 0.900 bits per heavy atom. The van der Waals surface area contributed by atoms with Crippen molar-refractivity contribution in [2.24, 2.45) is 11.8 Å². The molecule has 0 radical (unpaired) electrons. The molecule has 0 bridgehead atoms. The van der Waals surface area contributed by atoms with Crippen LogP contribution in [-0.4, -0.2) is 45.2 Å². The zero-order valence-corrected chi connectivity index (χ0v) is 17.1. The third kappa shape index (κ3) is 4.00. The van der Waals surface area contributed by atoms with Crippen LogP contribution >= 0.6 is 0 Å². The quantitative estimate of drug-likeness (QED) is 0.690. The van der Waals surface area contributed by atoms with Gasteiger partial charge in [-0.05, 0) is 29.4 Å². The first kappa shape index (κ1) is 19.0. The van der Waals surface area contributed by atoms with Gasteiger partial charge in [0.1, 0.15) is 5.82 Å². The molecule has 1 N–H and O–H groups in total. The number of hydrogen-bond acceptors (Lipinski definition) is 4. The van der Waals surface area contributed by atoms with Gasteiger partial charge < -0.3 is 14.8 Å². The van der Waals surface area contributed by atoms with Crippen LogP contribution in [0.25, 0.3) is 0 Å². The Bertz CT molecular complexity index is 1000. The zero-order valence-electron chi connectivity index (χ0n) is 17.1. The summed E-state index contributed by atoms with van der Waals surface area (Å²) in [4.78, 5) is 15.3. The van der Waals surface area contributed by atoms with E-state index in [2.05, 4.69) is 50.7 Å². The molecule has 0 unspecified atom stereocenters. The van der Waals surface area contributed by atoms with Gasteiger partial charge in [0.15, 0.2) is 0 Å². The number of nitrogens with one attached hydrogen (secondary N) is 1. The molecule has 1 aromatic heterocycles. The Morgan fingerprint density at radius 2 is 1.60 bits per heavy atom. The molecule has 1 saturated heterocycles. The van der Waals surface area contributed by atoms with Crippen molar-refractivity contribution in [3.8, 4) is 0 Å². The van der Waals surface area contributed by atoms with E-state index in [1.165, 1.54) is 5.56 Å². The highest BCUT2D eigenvalue weighted by atomic mass is 16.2. The number of carbonyl (C=O) groups excluding carboxylic acids is 1. The number of amides is 1. The maximum absolute atomic E-state index is 12.7. The van der Waals surface area contributed by atoms with Gasteiger partial charge in [-0.2, -0.15) is 0 Å². The summed E-state index contributed by atoms with van der Waals surface area (Å²) < 4.78 is 2.04. The lowest BCUT2D eigenvalue weighted by molar-refractivity contribution is 0.0932. The Balaban J connectivity index is 1.20. The summed E-state index contributed by atoms with van der Waals surface area (Å²) in [6.07, 6.45) is 1.99. The molecule has 5 rings (SSSR count). The van der Waals surface area contributed by atoms with Crippen molar-refractivity contribution < 1.29 is 4.79 Å². The summed E-state index contributed by atoms with van der Waals surface area (Å²) >= 11 is 0. The van der Waals surface area contributed by atoms with Gasteiger partial charge in [0.05, 0.1) is 0 Å². The van der Waals surface area contributed by atoms with Crippen LogP contribution in [0.15, 0.2) is 60.7 Å². The normalized spacial score (nSPS) is 20.5. The van der Waals surface area contributed by atoms with Crippen molar-refractivity contribution in [1.82, 2.24) is 25.0 Å². The molecule has 2 aromatic carbocycles. The SMILES string of the molecule is O=C(NCc1ccccc1)c1nnc2n1C[C@@H]1CN(CCc3ccccc3)C[C@H]1C2. The summed E-state index contributed by atoms with van der Waals surface area (Å²) in [7, 11) is 0. The first-order chi connectivity index (χ1) is 14.8. The van der Waals surface area contributed by atoms with E-state index in [0.717, 1.165) is 50.4 Å². The Hall–Kier alpha value is -2.99. The van der Waals surface area contributed by atoms with Crippen molar-refractivity contribution >= 4 is 5.91 Å². The molecule has 0 saturated carbocycles. The minimum atomic E-state index is -0.144.